The van der Waals surface area contributed by atoms with Crippen LogP contribution in [-0.2, 0) is 11.2 Å². The molecule has 0 bridgehead atoms. The van der Waals surface area contributed by atoms with E-state index in [4.69, 9.17) is 0 Å². The van der Waals surface area contributed by atoms with Crippen LogP contribution in [0.4, 0.5) is 5.82 Å². The van der Waals surface area contributed by atoms with Gasteiger partial charge in [0.05, 0.1) is 5.39 Å². The molecule has 0 aromatic carbocycles. The molecule has 6 heteroatoms. The average Bonchev–Trinajstić information content (AvgIpc) is 3.33. The van der Waals surface area contributed by atoms with E-state index in [0.717, 1.165) is 55.0 Å². The summed E-state index contributed by atoms with van der Waals surface area (Å²) in [6.45, 7) is 5.11. The summed E-state index contributed by atoms with van der Waals surface area (Å²) in [6, 6.07) is 0.584. The molecule has 1 aliphatic carbocycles. The van der Waals surface area contributed by atoms with Gasteiger partial charge in [-0.05, 0) is 49.5 Å². The number of likely N-dealkylation sites (tertiary alicyclic amines) is 1. The second-order valence-corrected chi connectivity index (χ2v) is 7.94. The largest absolute Gasteiger partial charge is 0.365 e. The Morgan fingerprint density at radius 3 is 2.88 bits per heavy atom. The summed E-state index contributed by atoms with van der Waals surface area (Å²) in [4.78, 5) is 25.6. The second-order valence-electron chi connectivity index (χ2n) is 7.94. The van der Waals surface area contributed by atoms with E-state index in [0.29, 0.717) is 12.0 Å². The van der Waals surface area contributed by atoms with E-state index in [1.807, 2.05) is 4.90 Å². The van der Waals surface area contributed by atoms with Crippen LogP contribution in [0.1, 0.15) is 45.1 Å². The average molecular weight is 341 g/mol. The smallest absolute Gasteiger partial charge is 0.210 e. The number of anilines is 1. The number of amides is 1. The Balaban J connectivity index is 1.54. The van der Waals surface area contributed by atoms with Crippen molar-refractivity contribution in [1.29, 1.82) is 0 Å². The molecule has 2 fully saturated rings. The van der Waals surface area contributed by atoms with Crippen molar-refractivity contribution in [2.24, 2.45) is 11.8 Å². The highest BCUT2D eigenvalue weighted by atomic mass is 16.1. The van der Waals surface area contributed by atoms with E-state index in [9.17, 15) is 4.79 Å². The molecule has 2 N–H and O–H groups in total. The molecular formula is C19H27N5O. The predicted molar refractivity (Wildman–Crippen MR) is 98.4 cm³/mol. The predicted octanol–water partition coefficient (Wildman–Crippen LogP) is 2.97. The molecule has 0 radical (unpaired) electrons. The molecule has 134 valence electrons. The molecule has 0 spiro atoms. The summed E-state index contributed by atoms with van der Waals surface area (Å²) in [6.07, 6.45) is 10.5. The molecule has 2 aromatic rings. The molecule has 1 amide bonds. The Bertz CT molecular complexity index is 751. The summed E-state index contributed by atoms with van der Waals surface area (Å²) in [5, 5.41) is 4.72. The van der Waals surface area contributed by atoms with E-state index >= 15 is 0 Å². The maximum Gasteiger partial charge on any atom is 0.210 e. The molecule has 1 saturated carbocycles. The lowest BCUT2D eigenvalue weighted by molar-refractivity contribution is -0.122. The third-order valence-corrected chi connectivity index (χ3v) is 5.67. The minimum atomic E-state index is 0.238. The first-order valence-corrected chi connectivity index (χ1v) is 9.44. The van der Waals surface area contributed by atoms with Crippen LogP contribution in [0.5, 0.6) is 0 Å². The summed E-state index contributed by atoms with van der Waals surface area (Å²) in [7, 11) is 0. The van der Waals surface area contributed by atoms with Crippen LogP contribution in [0, 0.1) is 11.8 Å². The topological polar surface area (TPSA) is 73.9 Å². The second kappa shape index (κ2) is 6.65. The van der Waals surface area contributed by atoms with Crippen molar-refractivity contribution >= 4 is 23.3 Å². The standard InChI is InChI=1S/C19H27N5O/c1-12(2)16-6-5-15(9-24(16)11-25)23-19-17-14(7-13-3-4-13)8-20-18(17)21-10-22-19/h8,10-13,15-16H,3-7,9H2,1-2H3,(H2,20,21,22,23). The SMILES string of the molecule is CC(C)C1CCC(Nc2ncnc3[nH]cc(CC4CC4)c23)CN1C=O. The fourth-order valence-electron chi connectivity index (χ4n) is 4.10. The van der Waals surface area contributed by atoms with Gasteiger partial charge in [-0.2, -0.15) is 0 Å². The molecule has 4 rings (SSSR count). The quantitative estimate of drug-likeness (QED) is 0.792. The first kappa shape index (κ1) is 16.4. The van der Waals surface area contributed by atoms with Gasteiger partial charge in [0.2, 0.25) is 6.41 Å². The number of piperidine rings is 1. The zero-order valence-corrected chi connectivity index (χ0v) is 15.0. The maximum atomic E-state index is 11.5. The molecule has 3 heterocycles. The first-order valence-electron chi connectivity index (χ1n) is 9.44. The Hall–Kier alpha value is -2.11. The van der Waals surface area contributed by atoms with Gasteiger partial charge in [-0.1, -0.05) is 13.8 Å². The number of aromatic amines is 1. The van der Waals surface area contributed by atoms with Crippen molar-refractivity contribution in [1.82, 2.24) is 19.9 Å². The third kappa shape index (κ3) is 3.34. The number of fused-ring (bicyclic) bond motifs is 1. The molecule has 1 aliphatic heterocycles. The number of nitrogens with zero attached hydrogens (tertiary/aromatic N) is 3. The van der Waals surface area contributed by atoms with Gasteiger partial charge in [0.1, 0.15) is 17.8 Å². The van der Waals surface area contributed by atoms with Gasteiger partial charge >= 0.3 is 0 Å². The molecule has 6 nitrogen and oxygen atoms in total. The normalized spacial score (nSPS) is 24.0. The number of hydrogen-bond donors (Lipinski definition) is 2. The van der Waals surface area contributed by atoms with Crippen LogP contribution in [0.3, 0.4) is 0 Å². The van der Waals surface area contributed by atoms with Gasteiger partial charge in [-0.25, -0.2) is 9.97 Å². The van der Waals surface area contributed by atoms with Crippen molar-refractivity contribution in [3.63, 3.8) is 0 Å². The molecule has 25 heavy (non-hydrogen) atoms. The van der Waals surface area contributed by atoms with Crippen LogP contribution < -0.4 is 5.32 Å². The number of carbonyl (C=O) groups is 1. The third-order valence-electron chi connectivity index (χ3n) is 5.67. The summed E-state index contributed by atoms with van der Waals surface area (Å²) in [5.74, 6) is 2.21. The minimum Gasteiger partial charge on any atom is -0.365 e. The summed E-state index contributed by atoms with van der Waals surface area (Å²) in [5.41, 5.74) is 2.21. The Morgan fingerprint density at radius 2 is 2.16 bits per heavy atom. The molecule has 2 aliphatic rings. The van der Waals surface area contributed by atoms with Crippen molar-refractivity contribution < 1.29 is 4.79 Å². The van der Waals surface area contributed by atoms with Gasteiger partial charge in [0.25, 0.3) is 0 Å². The fourth-order valence-corrected chi connectivity index (χ4v) is 4.10. The highest BCUT2D eigenvalue weighted by Gasteiger charge is 2.30. The van der Waals surface area contributed by atoms with E-state index < -0.39 is 0 Å². The molecule has 2 aromatic heterocycles. The van der Waals surface area contributed by atoms with Gasteiger partial charge in [0.15, 0.2) is 0 Å². The zero-order valence-electron chi connectivity index (χ0n) is 15.0. The Labute approximate surface area is 148 Å². The number of hydrogen-bond acceptors (Lipinski definition) is 4. The van der Waals surface area contributed by atoms with Gasteiger partial charge in [-0.15, -0.1) is 0 Å². The molecule has 2 unspecified atom stereocenters. The van der Waals surface area contributed by atoms with Crippen molar-refractivity contribution in [2.75, 3.05) is 11.9 Å². The van der Waals surface area contributed by atoms with Gasteiger partial charge in [0, 0.05) is 24.8 Å². The lowest BCUT2D eigenvalue weighted by Crippen LogP contribution is -2.49. The van der Waals surface area contributed by atoms with Crippen LogP contribution in [0.2, 0.25) is 0 Å². The first-order chi connectivity index (χ1) is 12.2. The van der Waals surface area contributed by atoms with Crippen LogP contribution >= 0.6 is 0 Å². The number of H-pyrrole nitrogens is 1. The maximum absolute atomic E-state index is 11.5. The van der Waals surface area contributed by atoms with Crippen molar-refractivity contribution in [3.05, 3.63) is 18.1 Å². The highest BCUT2D eigenvalue weighted by molar-refractivity contribution is 5.90. The van der Waals surface area contributed by atoms with Crippen LogP contribution in [-0.4, -0.2) is 44.9 Å². The van der Waals surface area contributed by atoms with E-state index in [1.165, 1.54) is 18.4 Å². The van der Waals surface area contributed by atoms with Gasteiger partial charge < -0.3 is 15.2 Å². The van der Waals surface area contributed by atoms with E-state index in [1.54, 1.807) is 6.33 Å². The van der Waals surface area contributed by atoms with Crippen LogP contribution in [0.15, 0.2) is 12.5 Å². The van der Waals surface area contributed by atoms with Crippen molar-refractivity contribution in [3.8, 4) is 0 Å². The fraction of sp³-hybridized carbons (Fsp3) is 0.632. The van der Waals surface area contributed by atoms with E-state index in [-0.39, 0.29) is 6.04 Å². The van der Waals surface area contributed by atoms with Crippen molar-refractivity contribution in [2.45, 2.75) is 58.0 Å². The lowest BCUT2D eigenvalue weighted by Gasteiger charge is -2.39. The summed E-state index contributed by atoms with van der Waals surface area (Å²) >= 11 is 0. The number of nitrogens with one attached hydrogen (secondary N) is 2. The minimum absolute atomic E-state index is 0.238. The summed E-state index contributed by atoms with van der Waals surface area (Å²) < 4.78 is 0. The number of rotatable bonds is 6. The molecular weight excluding hydrogens is 314 g/mol. The Kier molecular flexibility index (Phi) is 4.36. The molecule has 2 atom stereocenters. The number of aromatic nitrogens is 3. The highest BCUT2D eigenvalue weighted by Crippen LogP contribution is 2.36. The van der Waals surface area contributed by atoms with Crippen LogP contribution in [0.25, 0.3) is 11.0 Å². The van der Waals surface area contributed by atoms with Gasteiger partial charge in [-0.3, -0.25) is 4.79 Å². The zero-order chi connectivity index (χ0) is 17.4. The molecule has 1 saturated heterocycles. The monoisotopic (exact) mass is 341 g/mol. The lowest BCUT2D eigenvalue weighted by atomic mass is 9.91. The Morgan fingerprint density at radius 1 is 1.32 bits per heavy atom. The number of carbonyl (C=O) groups excluding carboxylic acids is 1. The van der Waals surface area contributed by atoms with E-state index in [2.05, 4.69) is 40.3 Å².